The summed E-state index contributed by atoms with van der Waals surface area (Å²) in [6.45, 7) is 10.2. The van der Waals surface area contributed by atoms with Crippen molar-refractivity contribution in [3.63, 3.8) is 0 Å². The third kappa shape index (κ3) is 4.80. The van der Waals surface area contributed by atoms with Crippen LogP contribution in [-0.2, 0) is 11.2 Å². The molecule has 0 aromatic heterocycles. The van der Waals surface area contributed by atoms with E-state index in [0.717, 1.165) is 32.7 Å². The van der Waals surface area contributed by atoms with Crippen LogP contribution in [0.4, 0.5) is 0 Å². The van der Waals surface area contributed by atoms with E-state index in [2.05, 4.69) is 49.9 Å². The highest BCUT2D eigenvalue weighted by molar-refractivity contribution is 5.25. The quantitative estimate of drug-likeness (QED) is 0.875. The third-order valence-corrected chi connectivity index (χ3v) is 4.24. The molecule has 21 heavy (non-hydrogen) atoms. The van der Waals surface area contributed by atoms with Crippen LogP contribution < -0.4 is 0 Å². The van der Waals surface area contributed by atoms with E-state index >= 15 is 0 Å². The number of rotatable bonds is 6. The van der Waals surface area contributed by atoms with Crippen molar-refractivity contribution >= 4 is 0 Å². The number of ether oxygens (including phenoxy) is 1. The predicted octanol–water partition coefficient (Wildman–Crippen LogP) is 2.82. The Bertz CT molecular complexity index is 414. The molecule has 1 saturated heterocycles. The van der Waals surface area contributed by atoms with Crippen LogP contribution in [0.15, 0.2) is 24.3 Å². The van der Waals surface area contributed by atoms with Crippen LogP contribution in [0, 0.1) is 0 Å². The Morgan fingerprint density at radius 3 is 2.62 bits per heavy atom. The van der Waals surface area contributed by atoms with Gasteiger partial charge in [-0.1, -0.05) is 45.0 Å². The molecule has 0 saturated carbocycles. The number of hydrogen-bond acceptors (Lipinski definition) is 3. The Kier molecular flexibility index (Phi) is 6.22. The summed E-state index contributed by atoms with van der Waals surface area (Å²) in [6.07, 6.45) is 1.34. The molecule has 0 radical (unpaired) electrons. The lowest BCUT2D eigenvalue weighted by atomic mass is 9.98. The zero-order valence-electron chi connectivity index (χ0n) is 13.6. The second kappa shape index (κ2) is 7.92. The molecule has 1 N–H and O–H groups in total. The van der Waals surface area contributed by atoms with E-state index in [4.69, 9.17) is 4.74 Å². The fourth-order valence-corrected chi connectivity index (χ4v) is 2.90. The van der Waals surface area contributed by atoms with Crippen LogP contribution in [0.25, 0.3) is 0 Å². The lowest BCUT2D eigenvalue weighted by Gasteiger charge is -2.35. The van der Waals surface area contributed by atoms with Crippen LogP contribution in [0.3, 0.4) is 0 Å². The first-order valence-corrected chi connectivity index (χ1v) is 8.21. The van der Waals surface area contributed by atoms with Crippen molar-refractivity contribution in [1.82, 2.24) is 4.90 Å². The average molecular weight is 291 g/mol. The largest absolute Gasteiger partial charge is 0.390 e. The van der Waals surface area contributed by atoms with Gasteiger partial charge in [-0.3, -0.25) is 4.90 Å². The highest BCUT2D eigenvalue weighted by Crippen LogP contribution is 2.17. The fraction of sp³-hybridized carbons (Fsp3) is 0.667. The number of aliphatic hydroxyl groups excluding tert-OH is 1. The molecule has 2 rings (SSSR count). The van der Waals surface area contributed by atoms with Crippen molar-refractivity contribution in [2.75, 3.05) is 26.2 Å². The normalized spacial score (nSPS) is 21.7. The second-order valence-electron chi connectivity index (χ2n) is 6.38. The average Bonchev–Trinajstić information content (AvgIpc) is 2.48. The lowest BCUT2D eigenvalue weighted by Crippen LogP contribution is -2.48. The van der Waals surface area contributed by atoms with Crippen LogP contribution in [0.5, 0.6) is 0 Å². The summed E-state index contributed by atoms with van der Waals surface area (Å²) >= 11 is 0. The van der Waals surface area contributed by atoms with Gasteiger partial charge in [0.15, 0.2) is 0 Å². The predicted molar refractivity (Wildman–Crippen MR) is 86.7 cm³/mol. The summed E-state index contributed by atoms with van der Waals surface area (Å²) in [5, 5.41) is 10.4. The van der Waals surface area contributed by atoms with Crippen LogP contribution >= 0.6 is 0 Å². The standard InChI is InChI=1S/C18H29NO2/c1-4-9-19-10-11-21-18(13-19)17(20)12-15-5-7-16(8-6-15)14(2)3/h5-8,14,17-18,20H,4,9-13H2,1-3H3. The first kappa shape index (κ1) is 16.5. The monoisotopic (exact) mass is 291 g/mol. The minimum Gasteiger partial charge on any atom is -0.390 e. The molecule has 2 atom stereocenters. The molecular formula is C18H29NO2. The Balaban J connectivity index is 1.89. The maximum absolute atomic E-state index is 10.4. The molecule has 1 heterocycles. The minimum atomic E-state index is -0.422. The topological polar surface area (TPSA) is 32.7 Å². The smallest absolute Gasteiger partial charge is 0.0964 e. The molecule has 0 aliphatic carbocycles. The first-order chi connectivity index (χ1) is 10.1. The van der Waals surface area contributed by atoms with Crippen LogP contribution in [0.2, 0.25) is 0 Å². The summed E-state index contributed by atoms with van der Waals surface area (Å²) in [6, 6.07) is 8.59. The lowest BCUT2D eigenvalue weighted by molar-refractivity contribution is -0.0877. The molecule has 3 nitrogen and oxygen atoms in total. The van der Waals surface area contributed by atoms with Crippen molar-refractivity contribution in [1.29, 1.82) is 0 Å². The number of nitrogens with zero attached hydrogens (tertiary/aromatic N) is 1. The zero-order valence-corrected chi connectivity index (χ0v) is 13.6. The maximum atomic E-state index is 10.4. The Morgan fingerprint density at radius 2 is 2.00 bits per heavy atom. The zero-order chi connectivity index (χ0) is 15.2. The van der Waals surface area contributed by atoms with E-state index in [1.807, 2.05) is 0 Å². The van der Waals surface area contributed by atoms with Gasteiger partial charge in [-0.05, 0) is 30.0 Å². The van der Waals surface area contributed by atoms with Crippen molar-refractivity contribution < 1.29 is 9.84 Å². The van der Waals surface area contributed by atoms with Gasteiger partial charge in [-0.25, -0.2) is 0 Å². The second-order valence-corrected chi connectivity index (χ2v) is 6.38. The summed E-state index contributed by atoms with van der Waals surface area (Å²) in [7, 11) is 0. The molecule has 1 aliphatic heterocycles. The van der Waals surface area contributed by atoms with E-state index in [0.29, 0.717) is 12.3 Å². The number of hydrogen-bond donors (Lipinski definition) is 1. The Labute approximate surface area is 128 Å². The van der Waals surface area contributed by atoms with Gasteiger partial charge in [0.1, 0.15) is 0 Å². The maximum Gasteiger partial charge on any atom is 0.0964 e. The third-order valence-electron chi connectivity index (χ3n) is 4.24. The molecule has 0 spiro atoms. The van der Waals surface area contributed by atoms with Gasteiger partial charge in [0.05, 0.1) is 18.8 Å². The van der Waals surface area contributed by atoms with Crippen molar-refractivity contribution in [2.24, 2.45) is 0 Å². The molecule has 1 aromatic carbocycles. The number of benzene rings is 1. The van der Waals surface area contributed by atoms with Gasteiger partial charge >= 0.3 is 0 Å². The highest BCUT2D eigenvalue weighted by atomic mass is 16.5. The summed E-state index contributed by atoms with van der Waals surface area (Å²) in [5.41, 5.74) is 2.53. The number of morpholine rings is 1. The van der Waals surface area contributed by atoms with E-state index in [9.17, 15) is 5.11 Å². The van der Waals surface area contributed by atoms with Gasteiger partial charge in [-0.2, -0.15) is 0 Å². The molecule has 1 fully saturated rings. The SMILES string of the molecule is CCCN1CCOC(C(O)Cc2ccc(C(C)C)cc2)C1. The Morgan fingerprint density at radius 1 is 1.29 bits per heavy atom. The Hall–Kier alpha value is -0.900. The molecule has 3 heteroatoms. The molecule has 0 bridgehead atoms. The van der Waals surface area contributed by atoms with Gasteiger partial charge in [0.2, 0.25) is 0 Å². The van der Waals surface area contributed by atoms with E-state index in [1.165, 1.54) is 11.1 Å². The van der Waals surface area contributed by atoms with Gasteiger partial charge in [0.25, 0.3) is 0 Å². The van der Waals surface area contributed by atoms with Crippen molar-refractivity contribution in [2.45, 2.75) is 51.7 Å². The molecule has 118 valence electrons. The molecule has 0 amide bonds. The van der Waals surface area contributed by atoms with E-state index in [1.54, 1.807) is 0 Å². The molecule has 2 unspecified atom stereocenters. The molecule has 1 aromatic rings. The van der Waals surface area contributed by atoms with Crippen LogP contribution in [-0.4, -0.2) is 48.5 Å². The molecular weight excluding hydrogens is 262 g/mol. The van der Waals surface area contributed by atoms with Crippen LogP contribution in [0.1, 0.15) is 44.2 Å². The summed E-state index contributed by atoms with van der Waals surface area (Å²) in [5.74, 6) is 0.549. The van der Waals surface area contributed by atoms with Gasteiger partial charge in [-0.15, -0.1) is 0 Å². The van der Waals surface area contributed by atoms with Crippen molar-refractivity contribution in [3.8, 4) is 0 Å². The van der Waals surface area contributed by atoms with Gasteiger partial charge < -0.3 is 9.84 Å². The van der Waals surface area contributed by atoms with E-state index in [-0.39, 0.29) is 6.10 Å². The first-order valence-electron chi connectivity index (χ1n) is 8.21. The summed E-state index contributed by atoms with van der Waals surface area (Å²) < 4.78 is 5.76. The minimum absolute atomic E-state index is 0.0601. The van der Waals surface area contributed by atoms with E-state index < -0.39 is 6.10 Å². The fourth-order valence-electron chi connectivity index (χ4n) is 2.90. The number of aliphatic hydroxyl groups is 1. The summed E-state index contributed by atoms with van der Waals surface area (Å²) in [4.78, 5) is 2.39. The van der Waals surface area contributed by atoms with Crippen molar-refractivity contribution in [3.05, 3.63) is 35.4 Å². The molecule has 1 aliphatic rings. The van der Waals surface area contributed by atoms with Gasteiger partial charge in [0, 0.05) is 19.5 Å². The highest BCUT2D eigenvalue weighted by Gasteiger charge is 2.26.